The molecule has 0 saturated heterocycles. The molecule has 19 heavy (non-hydrogen) atoms. The fourth-order valence-electron chi connectivity index (χ4n) is 1.26. The van der Waals surface area contributed by atoms with Crippen molar-refractivity contribution in [1.82, 2.24) is 25.1 Å². The summed E-state index contributed by atoms with van der Waals surface area (Å²) in [5.41, 5.74) is -0.775. The molecular weight excluding hydrogens is 267 g/mol. The number of ketones is 1. The Labute approximate surface area is 104 Å². The van der Waals surface area contributed by atoms with Gasteiger partial charge in [0.25, 0.3) is 5.78 Å². The van der Waals surface area contributed by atoms with Gasteiger partial charge in [0.05, 0.1) is 6.20 Å². The molecule has 2 heterocycles. The summed E-state index contributed by atoms with van der Waals surface area (Å²) in [5.74, 6) is -1.40. The molecule has 0 fully saturated rings. The van der Waals surface area contributed by atoms with Crippen LogP contribution < -0.4 is 0 Å². The number of alkyl halides is 3. The lowest BCUT2D eigenvalue weighted by atomic mass is 10.3. The van der Waals surface area contributed by atoms with Crippen LogP contribution in [-0.2, 0) is 13.0 Å². The van der Waals surface area contributed by atoms with Crippen LogP contribution in [0, 0.1) is 0 Å². The molecule has 0 saturated carbocycles. The van der Waals surface area contributed by atoms with Gasteiger partial charge in [0.2, 0.25) is 5.89 Å². The Bertz CT molecular complexity index is 589. The summed E-state index contributed by atoms with van der Waals surface area (Å²) >= 11 is 0. The molecular formula is C9H8F3N5O2. The number of halogens is 3. The van der Waals surface area contributed by atoms with Crippen LogP contribution in [0.4, 0.5) is 13.2 Å². The molecule has 0 amide bonds. The minimum Gasteiger partial charge on any atom is -0.337 e. The number of carbonyl (C=O) groups excluding carboxylic acids is 1. The van der Waals surface area contributed by atoms with E-state index < -0.39 is 17.7 Å². The van der Waals surface area contributed by atoms with E-state index in [0.29, 0.717) is 12.2 Å². The number of hydrogen-bond acceptors (Lipinski definition) is 6. The van der Waals surface area contributed by atoms with E-state index in [9.17, 15) is 18.0 Å². The molecule has 0 spiro atoms. The first kappa shape index (κ1) is 13.2. The van der Waals surface area contributed by atoms with E-state index in [1.165, 1.54) is 0 Å². The highest BCUT2D eigenvalue weighted by atomic mass is 19.4. The van der Waals surface area contributed by atoms with Crippen molar-refractivity contribution in [1.29, 1.82) is 0 Å². The maximum Gasteiger partial charge on any atom is 0.456 e. The predicted octanol–water partition coefficient (Wildman–Crippen LogP) is 1.02. The van der Waals surface area contributed by atoms with Crippen LogP contribution in [0.3, 0.4) is 0 Å². The van der Waals surface area contributed by atoms with Crippen molar-refractivity contribution < 1.29 is 22.5 Å². The van der Waals surface area contributed by atoms with Crippen molar-refractivity contribution >= 4 is 5.78 Å². The monoisotopic (exact) mass is 275 g/mol. The zero-order valence-electron chi connectivity index (χ0n) is 9.68. The quantitative estimate of drug-likeness (QED) is 0.774. The maximum atomic E-state index is 12.2. The van der Waals surface area contributed by atoms with E-state index in [0.717, 1.165) is 10.9 Å². The highest BCUT2D eigenvalue weighted by molar-refractivity contribution is 5.98. The van der Waals surface area contributed by atoms with Gasteiger partial charge in [-0.15, -0.1) is 5.10 Å². The van der Waals surface area contributed by atoms with Crippen molar-refractivity contribution in [2.24, 2.45) is 0 Å². The minimum atomic E-state index is -4.97. The number of carbonyl (C=O) groups is 1. The molecule has 2 rings (SSSR count). The maximum absolute atomic E-state index is 12.2. The minimum absolute atomic E-state index is 0.0505. The van der Waals surface area contributed by atoms with Gasteiger partial charge in [-0.25, -0.2) is 4.68 Å². The smallest absolute Gasteiger partial charge is 0.337 e. The van der Waals surface area contributed by atoms with E-state index in [2.05, 4.69) is 20.5 Å². The number of rotatable bonds is 4. The van der Waals surface area contributed by atoms with Gasteiger partial charge in [0.15, 0.2) is 11.5 Å². The van der Waals surface area contributed by atoms with Crippen molar-refractivity contribution in [3.63, 3.8) is 0 Å². The third kappa shape index (κ3) is 2.95. The summed E-state index contributed by atoms with van der Waals surface area (Å²) in [4.78, 5) is 14.8. The van der Waals surface area contributed by atoms with Crippen LogP contribution in [0.15, 0.2) is 10.7 Å². The molecule has 2 aromatic rings. The van der Waals surface area contributed by atoms with Gasteiger partial charge in [0.1, 0.15) is 6.54 Å². The van der Waals surface area contributed by atoms with Gasteiger partial charge in [-0.2, -0.15) is 18.2 Å². The van der Waals surface area contributed by atoms with Crippen molar-refractivity contribution in [3.05, 3.63) is 23.6 Å². The first-order valence-electron chi connectivity index (χ1n) is 5.23. The van der Waals surface area contributed by atoms with Gasteiger partial charge in [-0.1, -0.05) is 17.3 Å². The van der Waals surface area contributed by atoms with E-state index in [-0.39, 0.29) is 12.4 Å². The third-order valence-electron chi connectivity index (χ3n) is 2.15. The van der Waals surface area contributed by atoms with Crippen LogP contribution in [0.5, 0.6) is 0 Å². The molecule has 0 unspecified atom stereocenters. The second kappa shape index (κ2) is 4.78. The number of nitrogens with zero attached hydrogens (tertiary/aromatic N) is 5. The predicted molar refractivity (Wildman–Crippen MR) is 53.2 cm³/mol. The van der Waals surface area contributed by atoms with E-state index in [1.54, 1.807) is 0 Å². The van der Waals surface area contributed by atoms with Gasteiger partial charge in [-0.3, -0.25) is 4.79 Å². The summed E-state index contributed by atoms with van der Waals surface area (Å²) in [5, 5.41) is 10.2. The van der Waals surface area contributed by atoms with Gasteiger partial charge >= 0.3 is 6.18 Å². The molecule has 0 aliphatic rings. The lowest BCUT2D eigenvalue weighted by molar-refractivity contribution is -0.0888. The van der Waals surface area contributed by atoms with Crippen molar-refractivity contribution in [3.8, 4) is 0 Å². The molecule has 0 aliphatic carbocycles. The van der Waals surface area contributed by atoms with E-state index in [4.69, 9.17) is 4.52 Å². The van der Waals surface area contributed by atoms with Crippen molar-refractivity contribution in [2.45, 2.75) is 26.1 Å². The Hall–Kier alpha value is -2.26. The first-order valence-corrected chi connectivity index (χ1v) is 5.23. The summed E-state index contributed by atoms with van der Waals surface area (Å²) in [6.07, 6.45) is -3.52. The fourth-order valence-corrected chi connectivity index (χ4v) is 1.26. The lowest BCUT2D eigenvalue weighted by Gasteiger charge is -1.99. The molecule has 0 bridgehead atoms. The molecule has 2 aromatic heterocycles. The Morgan fingerprint density at radius 3 is 2.79 bits per heavy atom. The Morgan fingerprint density at radius 1 is 1.47 bits per heavy atom. The first-order chi connectivity index (χ1) is 8.90. The number of aryl methyl sites for hydroxylation is 1. The number of aromatic nitrogens is 5. The highest BCUT2D eigenvalue weighted by Gasteiger charge is 2.41. The highest BCUT2D eigenvalue weighted by Crippen LogP contribution is 2.19. The Kier molecular flexibility index (Phi) is 3.32. The molecule has 10 heteroatoms. The molecule has 102 valence electrons. The Morgan fingerprint density at radius 2 is 2.21 bits per heavy atom. The zero-order valence-corrected chi connectivity index (χ0v) is 9.68. The Balaban J connectivity index is 2.11. The van der Waals surface area contributed by atoms with Crippen LogP contribution in [0.1, 0.15) is 29.1 Å². The number of Topliss-reactive ketones (excluding diaryl/α,β-unsaturated/α-hetero) is 1. The van der Waals surface area contributed by atoms with Crippen LogP contribution in [0.2, 0.25) is 0 Å². The average molecular weight is 275 g/mol. The van der Waals surface area contributed by atoms with Gasteiger partial charge in [-0.05, 0) is 0 Å². The van der Waals surface area contributed by atoms with Crippen molar-refractivity contribution in [2.75, 3.05) is 0 Å². The van der Waals surface area contributed by atoms with Gasteiger partial charge < -0.3 is 4.52 Å². The molecule has 0 aromatic carbocycles. The fraction of sp³-hybridized carbons (Fsp3) is 0.444. The van der Waals surface area contributed by atoms with Crippen LogP contribution >= 0.6 is 0 Å². The van der Waals surface area contributed by atoms with Gasteiger partial charge in [0, 0.05) is 6.42 Å². The SMILES string of the molecule is CCc1noc(Cn2cc(C(=O)C(F)(F)F)nn2)n1. The molecule has 0 atom stereocenters. The van der Waals surface area contributed by atoms with Crippen LogP contribution in [0.25, 0.3) is 0 Å². The second-order valence-electron chi connectivity index (χ2n) is 3.59. The lowest BCUT2D eigenvalue weighted by Crippen LogP contribution is -2.23. The standard InChI is InChI=1S/C9H8F3N5O2/c1-2-6-13-7(19-15-6)4-17-3-5(14-16-17)8(18)9(10,11)12/h3H,2,4H2,1H3. The topological polar surface area (TPSA) is 86.7 Å². The third-order valence-corrected chi connectivity index (χ3v) is 2.15. The van der Waals surface area contributed by atoms with E-state index in [1.807, 2.05) is 6.92 Å². The van der Waals surface area contributed by atoms with E-state index >= 15 is 0 Å². The molecule has 0 radical (unpaired) electrons. The summed E-state index contributed by atoms with van der Waals surface area (Å²) in [6, 6.07) is 0. The normalized spacial score (nSPS) is 11.8. The summed E-state index contributed by atoms with van der Waals surface area (Å²) in [7, 11) is 0. The molecule has 0 N–H and O–H groups in total. The summed E-state index contributed by atoms with van der Waals surface area (Å²) in [6.45, 7) is 1.77. The molecule has 0 aliphatic heterocycles. The van der Waals surface area contributed by atoms with Crippen LogP contribution in [-0.4, -0.2) is 37.1 Å². The summed E-state index contributed by atoms with van der Waals surface area (Å²) < 4.78 is 42.3. The second-order valence-corrected chi connectivity index (χ2v) is 3.59. The zero-order chi connectivity index (χ0) is 14.0. The molecule has 7 nitrogen and oxygen atoms in total. The average Bonchev–Trinajstić information content (AvgIpc) is 2.96. The largest absolute Gasteiger partial charge is 0.456 e. The number of hydrogen-bond donors (Lipinski definition) is 0.